The van der Waals surface area contributed by atoms with Crippen molar-refractivity contribution in [2.75, 3.05) is 0 Å². The van der Waals surface area contributed by atoms with Crippen LogP contribution in [-0.2, 0) is 17.6 Å². The van der Waals surface area contributed by atoms with E-state index in [1.54, 1.807) is 0 Å². The van der Waals surface area contributed by atoms with Gasteiger partial charge in [-0.15, -0.1) is 0 Å². The summed E-state index contributed by atoms with van der Waals surface area (Å²) >= 11 is 1.51. The van der Waals surface area contributed by atoms with Crippen molar-refractivity contribution >= 4 is 22.8 Å². The van der Waals surface area contributed by atoms with Gasteiger partial charge in [-0.25, -0.2) is 0 Å². The molecule has 2 aromatic carbocycles. The Morgan fingerprint density at radius 1 is 0.913 bits per heavy atom. The molecule has 0 saturated heterocycles. The largest absolute Gasteiger partial charge is 0.311 e. The van der Waals surface area contributed by atoms with E-state index in [2.05, 4.69) is 34.2 Å². The third-order valence-corrected chi connectivity index (χ3v) is 5.08. The van der Waals surface area contributed by atoms with E-state index < -0.39 is 5.54 Å². The molecule has 0 N–H and O–H groups in total. The molecule has 114 valence electrons. The molecule has 3 nitrogen and oxygen atoms in total. The smallest absolute Gasteiger partial charge is 0.275 e. The molecular weight excluding hydrogens is 304 g/mol. The molecule has 0 aliphatic carbocycles. The number of amidine groups is 1. The first kappa shape index (κ1) is 14.3. The number of hydrogen-bond donors (Lipinski definition) is 0. The highest BCUT2D eigenvalue weighted by Crippen LogP contribution is 2.39. The van der Waals surface area contributed by atoms with E-state index in [9.17, 15) is 4.79 Å². The fraction of sp³-hybridized carbons (Fsp3) is 0.158. The zero-order chi connectivity index (χ0) is 15.7. The van der Waals surface area contributed by atoms with E-state index in [0.29, 0.717) is 12.8 Å². The van der Waals surface area contributed by atoms with Gasteiger partial charge in [-0.3, -0.25) is 4.79 Å². The number of hydrogen-bond acceptors (Lipinski definition) is 3. The summed E-state index contributed by atoms with van der Waals surface area (Å²) in [7, 11) is 0. The standard InChI is InChI=1S/C19H16N2OS/c22-17-19(13-15-7-3-1-4-8-15,14-16-9-5-2-6-10-16)21-11-12-23-18(21)20-17/h1-12H,13-14H2. The number of thioether (sulfide) groups is 1. The van der Waals surface area contributed by atoms with Gasteiger partial charge >= 0.3 is 0 Å². The van der Waals surface area contributed by atoms with Crippen LogP contribution in [0.4, 0.5) is 0 Å². The van der Waals surface area contributed by atoms with Crippen LogP contribution in [0.15, 0.2) is 77.3 Å². The minimum absolute atomic E-state index is 0.0444. The van der Waals surface area contributed by atoms with Gasteiger partial charge in [0.1, 0.15) is 5.54 Å². The number of carbonyl (C=O) groups is 1. The Bertz CT molecular complexity index is 742. The molecule has 23 heavy (non-hydrogen) atoms. The highest BCUT2D eigenvalue weighted by Gasteiger charge is 2.50. The average Bonchev–Trinajstić information content (AvgIpc) is 3.13. The first-order chi connectivity index (χ1) is 11.3. The second-order valence-electron chi connectivity index (χ2n) is 5.83. The van der Waals surface area contributed by atoms with Crippen LogP contribution in [-0.4, -0.2) is 21.5 Å². The molecule has 0 spiro atoms. The lowest BCUT2D eigenvalue weighted by Crippen LogP contribution is -2.51. The first-order valence-corrected chi connectivity index (χ1v) is 8.50. The molecule has 0 atom stereocenters. The van der Waals surface area contributed by atoms with Gasteiger partial charge in [0.2, 0.25) is 0 Å². The monoisotopic (exact) mass is 320 g/mol. The molecule has 0 bridgehead atoms. The van der Waals surface area contributed by atoms with Gasteiger partial charge in [0.05, 0.1) is 0 Å². The van der Waals surface area contributed by atoms with Crippen LogP contribution in [0.5, 0.6) is 0 Å². The van der Waals surface area contributed by atoms with Crippen LogP contribution in [0, 0.1) is 0 Å². The number of nitrogens with zero attached hydrogens (tertiary/aromatic N) is 2. The zero-order valence-corrected chi connectivity index (χ0v) is 13.4. The molecule has 2 aromatic rings. The number of aliphatic imine (C=N–C) groups is 1. The second kappa shape index (κ2) is 5.70. The predicted molar refractivity (Wildman–Crippen MR) is 94.0 cm³/mol. The van der Waals surface area contributed by atoms with Gasteiger partial charge < -0.3 is 4.90 Å². The Balaban J connectivity index is 1.75. The zero-order valence-electron chi connectivity index (χ0n) is 12.6. The summed E-state index contributed by atoms with van der Waals surface area (Å²) in [5.74, 6) is -0.0444. The molecule has 2 heterocycles. The van der Waals surface area contributed by atoms with Crippen LogP contribution in [0.25, 0.3) is 0 Å². The van der Waals surface area contributed by atoms with Crippen molar-refractivity contribution < 1.29 is 4.79 Å². The summed E-state index contributed by atoms with van der Waals surface area (Å²) in [4.78, 5) is 19.2. The van der Waals surface area contributed by atoms with Crippen molar-refractivity contribution in [1.29, 1.82) is 0 Å². The summed E-state index contributed by atoms with van der Waals surface area (Å²) in [6, 6.07) is 20.4. The van der Waals surface area contributed by atoms with E-state index in [0.717, 1.165) is 16.3 Å². The number of benzene rings is 2. The van der Waals surface area contributed by atoms with E-state index in [4.69, 9.17) is 0 Å². The Kier molecular flexibility index (Phi) is 3.54. The lowest BCUT2D eigenvalue weighted by molar-refractivity contribution is -0.124. The number of amides is 1. The van der Waals surface area contributed by atoms with Crippen molar-refractivity contribution in [3.05, 3.63) is 83.4 Å². The van der Waals surface area contributed by atoms with E-state index >= 15 is 0 Å². The Hall–Kier alpha value is -2.33. The molecule has 4 rings (SSSR count). The van der Waals surface area contributed by atoms with Crippen LogP contribution in [0.1, 0.15) is 11.1 Å². The van der Waals surface area contributed by atoms with Crippen LogP contribution >= 0.6 is 11.8 Å². The molecule has 1 amide bonds. The summed E-state index contributed by atoms with van der Waals surface area (Å²) in [5.41, 5.74) is 1.65. The lowest BCUT2D eigenvalue weighted by atomic mass is 9.83. The first-order valence-electron chi connectivity index (χ1n) is 7.62. The number of rotatable bonds is 4. The summed E-state index contributed by atoms with van der Waals surface area (Å²) < 4.78 is 0. The van der Waals surface area contributed by atoms with E-state index in [1.807, 2.05) is 48.0 Å². The van der Waals surface area contributed by atoms with Crippen molar-refractivity contribution in [3.63, 3.8) is 0 Å². The van der Waals surface area contributed by atoms with Gasteiger partial charge in [-0.2, -0.15) is 4.99 Å². The van der Waals surface area contributed by atoms with Crippen molar-refractivity contribution in [2.45, 2.75) is 18.4 Å². The summed E-state index contributed by atoms with van der Waals surface area (Å²) in [6.45, 7) is 0. The Morgan fingerprint density at radius 2 is 1.48 bits per heavy atom. The molecule has 2 aliphatic rings. The molecule has 0 saturated carbocycles. The van der Waals surface area contributed by atoms with Crippen molar-refractivity contribution in [3.8, 4) is 0 Å². The molecular formula is C19H16N2OS. The van der Waals surface area contributed by atoms with Crippen molar-refractivity contribution in [2.24, 2.45) is 4.99 Å². The molecule has 0 fully saturated rings. The minimum atomic E-state index is -0.655. The minimum Gasteiger partial charge on any atom is -0.311 e. The Morgan fingerprint density at radius 3 is 2.04 bits per heavy atom. The number of fused-ring (bicyclic) bond motifs is 1. The fourth-order valence-electron chi connectivity index (χ4n) is 3.22. The van der Waals surface area contributed by atoms with Gasteiger partial charge in [0.25, 0.3) is 5.91 Å². The third kappa shape index (κ3) is 2.49. The van der Waals surface area contributed by atoms with Crippen LogP contribution in [0.3, 0.4) is 0 Å². The fourth-order valence-corrected chi connectivity index (χ4v) is 4.01. The van der Waals surface area contributed by atoms with E-state index in [1.165, 1.54) is 11.8 Å². The maximum atomic E-state index is 12.8. The third-order valence-electron chi connectivity index (χ3n) is 4.32. The summed E-state index contributed by atoms with van der Waals surface area (Å²) in [5, 5.41) is 2.79. The average molecular weight is 320 g/mol. The van der Waals surface area contributed by atoms with Crippen molar-refractivity contribution in [1.82, 2.24) is 4.90 Å². The maximum absolute atomic E-state index is 12.8. The van der Waals surface area contributed by atoms with Gasteiger partial charge in [0, 0.05) is 19.0 Å². The second-order valence-corrected chi connectivity index (χ2v) is 6.70. The van der Waals surface area contributed by atoms with Gasteiger partial charge in [0.15, 0.2) is 5.17 Å². The Labute approximate surface area is 139 Å². The molecule has 2 aliphatic heterocycles. The predicted octanol–water partition coefficient (Wildman–Crippen LogP) is 3.63. The SMILES string of the molecule is O=C1N=C2SC=CN2C1(Cc1ccccc1)Cc1ccccc1. The molecule has 0 aromatic heterocycles. The normalized spacial score (nSPS) is 18.2. The molecule has 0 radical (unpaired) electrons. The topological polar surface area (TPSA) is 32.7 Å². The van der Waals surface area contributed by atoms with E-state index in [-0.39, 0.29) is 5.91 Å². The molecule has 4 heteroatoms. The summed E-state index contributed by atoms with van der Waals surface area (Å²) in [6.07, 6.45) is 3.29. The van der Waals surface area contributed by atoms with Gasteiger partial charge in [-0.05, 0) is 16.5 Å². The van der Waals surface area contributed by atoms with Gasteiger partial charge in [-0.1, -0.05) is 72.4 Å². The quantitative estimate of drug-likeness (QED) is 0.862. The van der Waals surface area contributed by atoms with Crippen LogP contribution < -0.4 is 0 Å². The highest BCUT2D eigenvalue weighted by molar-refractivity contribution is 8.16. The molecule has 0 unspecified atom stereocenters. The lowest BCUT2D eigenvalue weighted by Gasteiger charge is -2.34. The number of carbonyl (C=O) groups excluding carboxylic acids is 1. The maximum Gasteiger partial charge on any atom is 0.275 e. The highest BCUT2D eigenvalue weighted by atomic mass is 32.2. The van der Waals surface area contributed by atoms with Crippen LogP contribution in [0.2, 0.25) is 0 Å².